The summed E-state index contributed by atoms with van der Waals surface area (Å²) in [7, 11) is 0. The van der Waals surface area contributed by atoms with Crippen LogP contribution in [-0.2, 0) is 6.42 Å². The molecule has 0 bridgehead atoms. The van der Waals surface area contributed by atoms with Crippen LogP contribution in [0.1, 0.15) is 23.6 Å². The third-order valence-electron chi connectivity index (χ3n) is 3.90. The van der Waals surface area contributed by atoms with Crippen LogP contribution in [0.25, 0.3) is 0 Å². The molecule has 0 aromatic heterocycles. The van der Waals surface area contributed by atoms with Gasteiger partial charge in [0.15, 0.2) is 0 Å². The molecule has 1 heterocycles. The molecular formula is C17H18IN. The van der Waals surface area contributed by atoms with Gasteiger partial charge in [-0.05, 0) is 71.2 Å². The fourth-order valence-corrected chi connectivity index (χ4v) is 3.55. The SMILES string of the molecule is Ic1cccc(C2NCCC2Cc2ccccc2)c1. The second kappa shape index (κ2) is 6.06. The van der Waals surface area contributed by atoms with Crippen LogP contribution in [0.15, 0.2) is 54.6 Å². The maximum atomic E-state index is 3.67. The summed E-state index contributed by atoms with van der Waals surface area (Å²) in [5.41, 5.74) is 2.89. The fourth-order valence-electron chi connectivity index (χ4n) is 2.98. The van der Waals surface area contributed by atoms with Gasteiger partial charge in [-0.15, -0.1) is 0 Å². The van der Waals surface area contributed by atoms with Crippen molar-refractivity contribution >= 4 is 22.6 Å². The van der Waals surface area contributed by atoms with Gasteiger partial charge in [-0.3, -0.25) is 0 Å². The van der Waals surface area contributed by atoms with Crippen LogP contribution in [0, 0.1) is 9.49 Å². The molecule has 0 amide bonds. The van der Waals surface area contributed by atoms with Crippen LogP contribution in [0.3, 0.4) is 0 Å². The number of hydrogen-bond donors (Lipinski definition) is 1. The van der Waals surface area contributed by atoms with E-state index in [0.29, 0.717) is 12.0 Å². The highest BCUT2D eigenvalue weighted by molar-refractivity contribution is 14.1. The maximum absolute atomic E-state index is 3.67. The highest BCUT2D eigenvalue weighted by atomic mass is 127. The van der Waals surface area contributed by atoms with Crippen molar-refractivity contribution in [2.45, 2.75) is 18.9 Å². The molecule has 1 N–H and O–H groups in total. The highest BCUT2D eigenvalue weighted by Gasteiger charge is 2.28. The molecule has 3 rings (SSSR count). The van der Waals surface area contributed by atoms with Gasteiger partial charge < -0.3 is 5.32 Å². The molecule has 2 aromatic carbocycles. The first kappa shape index (κ1) is 13.1. The Morgan fingerprint density at radius 3 is 2.68 bits per heavy atom. The van der Waals surface area contributed by atoms with Crippen molar-refractivity contribution in [3.05, 3.63) is 69.3 Å². The molecule has 1 nitrogen and oxygen atoms in total. The Morgan fingerprint density at radius 2 is 1.89 bits per heavy atom. The Bertz CT molecular complexity index is 538. The summed E-state index contributed by atoms with van der Waals surface area (Å²) in [6.45, 7) is 1.13. The van der Waals surface area contributed by atoms with E-state index in [0.717, 1.165) is 6.54 Å². The molecule has 0 spiro atoms. The zero-order chi connectivity index (χ0) is 13.1. The van der Waals surface area contributed by atoms with Gasteiger partial charge in [0.2, 0.25) is 0 Å². The Morgan fingerprint density at radius 1 is 1.05 bits per heavy atom. The van der Waals surface area contributed by atoms with Gasteiger partial charge >= 0.3 is 0 Å². The average Bonchev–Trinajstić information content (AvgIpc) is 2.88. The van der Waals surface area contributed by atoms with E-state index in [2.05, 4.69) is 82.5 Å². The van der Waals surface area contributed by atoms with Crippen LogP contribution >= 0.6 is 22.6 Å². The molecule has 2 atom stereocenters. The van der Waals surface area contributed by atoms with E-state index < -0.39 is 0 Å². The number of nitrogens with one attached hydrogen (secondary N) is 1. The predicted octanol–water partition coefficient (Wildman–Crippen LogP) is 4.18. The van der Waals surface area contributed by atoms with Gasteiger partial charge in [-0.1, -0.05) is 42.5 Å². The van der Waals surface area contributed by atoms with Crippen molar-refractivity contribution in [3.63, 3.8) is 0 Å². The fraction of sp³-hybridized carbons (Fsp3) is 0.294. The molecular weight excluding hydrogens is 345 g/mol. The third kappa shape index (κ3) is 3.18. The first-order chi connectivity index (χ1) is 9.33. The zero-order valence-corrected chi connectivity index (χ0v) is 13.0. The summed E-state index contributed by atoms with van der Waals surface area (Å²) in [6.07, 6.45) is 2.44. The third-order valence-corrected chi connectivity index (χ3v) is 4.57. The van der Waals surface area contributed by atoms with Crippen molar-refractivity contribution < 1.29 is 0 Å². The predicted molar refractivity (Wildman–Crippen MR) is 88.2 cm³/mol. The molecule has 1 saturated heterocycles. The summed E-state index contributed by atoms with van der Waals surface area (Å²) in [5, 5.41) is 3.67. The molecule has 2 unspecified atom stereocenters. The van der Waals surface area contributed by atoms with Crippen molar-refractivity contribution in [1.29, 1.82) is 0 Å². The van der Waals surface area contributed by atoms with E-state index >= 15 is 0 Å². The Kier molecular flexibility index (Phi) is 4.18. The highest BCUT2D eigenvalue weighted by Crippen LogP contribution is 2.32. The van der Waals surface area contributed by atoms with Crippen molar-refractivity contribution in [2.24, 2.45) is 5.92 Å². The van der Waals surface area contributed by atoms with Crippen LogP contribution in [0.4, 0.5) is 0 Å². The zero-order valence-electron chi connectivity index (χ0n) is 10.9. The monoisotopic (exact) mass is 363 g/mol. The van der Waals surface area contributed by atoms with Gasteiger partial charge in [0.25, 0.3) is 0 Å². The molecule has 0 saturated carbocycles. The smallest absolute Gasteiger partial charge is 0.0352 e. The van der Waals surface area contributed by atoms with E-state index in [1.54, 1.807) is 0 Å². The van der Waals surface area contributed by atoms with E-state index in [9.17, 15) is 0 Å². The van der Waals surface area contributed by atoms with E-state index in [1.165, 1.54) is 27.5 Å². The van der Waals surface area contributed by atoms with E-state index in [1.807, 2.05) is 0 Å². The summed E-state index contributed by atoms with van der Waals surface area (Å²) < 4.78 is 1.32. The molecule has 2 aromatic rings. The molecule has 0 aliphatic carbocycles. The summed E-state index contributed by atoms with van der Waals surface area (Å²) in [6, 6.07) is 20.2. The Hall–Kier alpha value is -0.870. The minimum absolute atomic E-state index is 0.509. The molecule has 1 fully saturated rings. The second-order valence-electron chi connectivity index (χ2n) is 5.23. The first-order valence-electron chi connectivity index (χ1n) is 6.86. The van der Waals surface area contributed by atoms with E-state index in [4.69, 9.17) is 0 Å². The van der Waals surface area contributed by atoms with E-state index in [-0.39, 0.29) is 0 Å². The van der Waals surface area contributed by atoms with Crippen LogP contribution < -0.4 is 5.32 Å². The van der Waals surface area contributed by atoms with Gasteiger partial charge in [0.1, 0.15) is 0 Å². The molecule has 98 valence electrons. The number of rotatable bonds is 3. The van der Waals surface area contributed by atoms with Gasteiger partial charge in [-0.2, -0.15) is 0 Å². The number of benzene rings is 2. The second-order valence-corrected chi connectivity index (χ2v) is 6.47. The van der Waals surface area contributed by atoms with Crippen LogP contribution in [0.2, 0.25) is 0 Å². The van der Waals surface area contributed by atoms with Crippen LogP contribution in [-0.4, -0.2) is 6.54 Å². The Balaban J connectivity index is 1.78. The summed E-state index contributed by atoms with van der Waals surface area (Å²) >= 11 is 2.39. The lowest BCUT2D eigenvalue weighted by atomic mass is 9.89. The van der Waals surface area contributed by atoms with Crippen LogP contribution in [0.5, 0.6) is 0 Å². The maximum Gasteiger partial charge on any atom is 0.0352 e. The van der Waals surface area contributed by atoms with Gasteiger partial charge in [0, 0.05) is 9.61 Å². The lowest BCUT2D eigenvalue weighted by Gasteiger charge is -2.20. The molecule has 0 radical (unpaired) electrons. The molecule has 19 heavy (non-hydrogen) atoms. The lowest BCUT2D eigenvalue weighted by Crippen LogP contribution is -2.19. The first-order valence-corrected chi connectivity index (χ1v) is 7.93. The number of halogens is 1. The molecule has 1 aliphatic rings. The quantitative estimate of drug-likeness (QED) is 0.807. The Labute approximate surface area is 128 Å². The summed E-state index contributed by atoms with van der Waals surface area (Å²) in [5.74, 6) is 0.709. The van der Waals surface area contributed by atoms with Crippen molar-refractivity contribution in [3.8, 4) is 0 Å². The number of hydrogen-bond acceptors (Lipinski definition) is 1. The normalized spacial score (nSPS) is 22.6. The van der Waals surface area contributed by atoms with Gasteiger partial charge in [-0.25, -0.2) is 0 Å². The van der Waals surface area contributed by atoms with Crippen molar-refractivity contribution in [1.82, 2.24) is 5.32 Å². The molecule has 2 heteroatoms. The summed E-state index contributed by atoms with van der Waals surface area (Å²) in [4.78, 5) is 0. The van der Waals surface area contributed by atoms with Crippen molar-refractivity contribution in [2.75, 3.05) is 6.54 Å². The minimum atomic E-state index is 0.509. The minimum Gasteiger partial charge on any atom is -0.310 e. The standard InChI is InChI=1S/C17H18IN/c18-16-8-4-7-14(12-16)17-15(9-10-19-17)11-13-5-2-1-3-6-13/h1-8,12,15,17,19H,9-11H2. The lowest BCUT2D eigenvalue weighted by molar-refractivity contribution is 0.460. The topological polar surface area (TPSA) is 12.0 Å². The molecule has 1 aliphatic heterocycles. The van der Waals surface area contributed by atoms with Gasteiger partial charge in [0.05, 0.1) is 0 Å². The average molecular weight is 363 g/mol. The largest absolute Gasteiger partial charge is 0.310 e.